The molecule has 1 aliphatic heterocycles. The smallest absolute Gasteiger partial charge is 0.213 e. The third-order valence-corrected chi connectivity index (χ3v) is 9.88. The number of benzene rings is 2. The Bertz CT molecular complexity index is 1850. The summed E-state index contributed by atoms with van der Waals surface area (Å²) >= 11 is 0. The van der Waals surface area contributed by atoms with Crippen LogP contribution in [0.1, 0.15) is 62.3 Å². The summed E-state index contributed by atoms with van der Waals surface area (Å²) in [5.41, 5.74) is 8.06. The average Bonchev–Trinajstić information content (AvgIpc) is 3.84. The van der Waals surface area contributed by atoms with Crippen LogP contribution < -0.4 is 0 Å². The van der Waals surface area contributed by atoms with Crippen LogP contribution in [0.2, 0.25) is 0 Å². The minimum Gasteiger partial charge on any atom is -0.506 e. The highest BCUT2D eigenvalue weighted by atomic mass is 16.3. The van der Waals surface area contributed by atoms with E-state index in [-0.39, 0.29) is 11.5 Å². The summed E-state index contributed by atoms with van der Waals surface area (Å²) in [6.07, 6.45) is 24.3. The van der Waals surface area contributed by atoms with E-state index in [4.69, 9.17) is 0 Å². The van der Waals surface area contributed by atoms with Crippen LogP contribution in [0.5, 0.6) is 0 Å². The lowest BCUT2D eigenvalue weighted by atomic mass is 9.78. The Balaban J connectivity index is 1.19. The van der Waals surface area contributed by atoms with Gasteiger partial charge in [0.15, 0.2) is 5.71 Å². The first-order valence-corrected chi connectivity index (χ1v) is 16.3. The number of carbonyl (C=O) groups is 1. The Morgan fingerprint density at radius 3 is 2.09 bits per heavy atom. The third-order valence-electron chi connectivity index (χ3n) is 9.88. The molecule has 2 aromatic carbocycles. The molecule has 0 spiro atoms. The van der Waals surface area contributed by atoms with Crippen LogP contribution in [0.15, 0.2) is 108 Å². The Morgan fingerprint density at radius 1 is 0.750 bits per heavy atom. The van der Waals surface area contributed by atoms with Crippen LogP contribution in [0.4, 0.5) is 5.69 Å². The van der Waals surface area contributed by atoms with Gasteiger partial charge in [-0.3, -0.25) is 4.79 Å². The van der Waals surface area contributed by atoms with E-state index in [1.165, 1.54) is 0 Å². The van der Waals surface area contributed by atoms with Gasteiger partial charge < -0.3 is 9.67 Å². The molecule has 7 rings (SSSR count). The molecule has 4 nitrogen and oxygen atoms in total. The molecule has 0 saturated carbocycles. The van der Waals surface area contributed by atoms with E-state index in [1.54, 1.807) is 0 Å². The number of para-hydroxylation sites is 2. The average molecular weight is 582 g/mol. The maximum atomic E-state index is 14.1. The first kappa shape index (κ1) is 28.3. The normalized spacial score (nSPS) is 19.5. The Hall–Kier alpha value is -4.44. The number of ketones is 1. The summed E-state index contributed by atoms with van der Waals surface area (Å²) in [6, 6.07) is 16.6. The molecule has 3 aliphatic carbocycles. The molecule has 0 bridgehead atoms. The Kier molecular flexibility index (Phi) is 7.68. The zero-order valence-electron chi connectivity index (χ0n) is 25.8. The fourth-order valence-electron chi connectivity index (χ4n) is 7.58. The van der Waals surface area contributed by atoms with Gasteiger partial charge in [0.1, 0.15) is 12.3 Å². The van der Waals surface area contributed by atoms with Gasteiger partial charge >= 0.3 is 0 Å². The van der Waals surface area contributed by atoms with Gasteiger partial charge in [0.05, 0.1) is 22.3 Å². The Morgan fingerprint density at radius 2 is 1.39 bits per heavy atom. The lowest BCUT2D eigenvalue weighted by Gasteiger charge is -2.23. The molecule has 2 heterocycles. The number of aryl methyl sites for hydroxylation is 1. The van der Waals surface area contributed by atoms with Crippen LogP contribution in [-0.2, 0) is 11.3 Å². The molecule has 4 aliphatic rings. The fraction of sp³-hybridized carbons (Fsp3) is 0.300. The number of nitrogens with zero attached hydrogens (tertiary/aromatic N) is 2. The van der Waals surface area contributed by atoms with Crippen LogP contribution in [0.3, 0.4) is 0 Å². The van der Waals surface area contributed by atoms with Gasteiger partial charge in [-0.05, 0) is 56.6 Å². The van der Waals surface area contributed by atoms with Gasteiger partial charge in [0, 0.05) is 48.1 Å². The van der Waals surface area contributed by atoms with E-state index in [2.05, 4.69) is 108 Å². The van der Waals surface area contributed by atoms with Gasteiger partial charge in [-0.25, -0.2) is 0 Å². The number of carbonyl (C=O) groups excluding carboxylic acids is 1. The van der Waals surface area contributed by atoms with Crippen LogP contribution >= 0.6 is 0 Å². The molecular weight excluding hydrogens is 540 g/mol. The van der Waals surface area contributed by atoms with Gasteiger partial charge in [-0.1, -0.05) is 85.4 Å². The molecule has 0 radical (unpaired) electrons. The lowest BCUT2D eigenvalue weighted by molar-refractivity contribution is -0.438. The van der Waals surface area contributed by atoms with Crippen molar-refractivity contribution >= 4 is 39.2 Å². The molecule has 0 fully saturated rings. The van der Waals surface area contributed by atoms with Gasteiger partial charge in [0.25, 0.3) is 0 Å². The molecule has 1 aromatic heterocycles. The fourth-order valence-corrected chi connectivity index (χ4v) is 7.58. The van der Waals surface area contributed by atoms with Crippen molar-refractivity contribution in [1.29, 1.82) is 0 Å². The summed E-state index contributed by atoms with van der Waals surface area (Å²) in [7, 11) is 0. The number of Topliss-reactive ketones (excluding diaryl/α,β-unsaturated/α-hetero) is 1. The van der Waals surface area contributed by atoms with E-state index in [9.17, 15) is 9.90 Å². The highest BCUT2D eigenvalue weighted by molar-refractivity contribution is 6.47. The van der Waals surface area contributed by atoms with E-state index in [0.717, 1.165) is 96.3 Å². The largest absolute Gasteiger partial charge is 0.506 e. The molecule has 222 valence electrons. The summed E-state index contributed by atoms with van der Waals surface area (Å²) in [6.45, 7) is 5.98. The minimum atomic E-state index is -0.0564. The van der Waals surface area contributed by atoms with Crippen LogP contribution in [0.25, 0.3) is 22.0 Å². The van der Waals surface area contributed by atoms with Gasteiger partial charge in [0.2, 0.25) is 11.5 Å². The summed E-state index contributed by atoms with van der Waals surface area (Å²) < 4.78 is 4.68. The van der Waals surface area contributed by atoms with Crippen molar-refractivity contribution in [2.75, 3.05) is 6.54 Å². The quantitative estimate of drug-likeness (QED) is 0.139. The molecule has 0 atom stereocenters. The van der Waals surface area contributed by atoms with E-state index in [1.807, 2.05) is 12.1 Å². The number of hydrogen-bond donors (Lipinski definition) is 1. The van der Waals surface area contributed by atoms with Crippen LogP contribution in [0, 0.1) is 18.8 Å². The number of aliphatic hydroxyl groups is 1. The number of aliphatic hydroxyl groups excluding tert-OH is 1. The molecule has 0 saturated heterocycles. The second-order valence-corrected chi connectivity index (χ2v) is 12.5. The summed E-state index contributed by atoms with van der Waals surface area (Å²) in [4.78, 5) is 14.1. The maximum Gasteiger partial charge on any atom is 0.213 e. The zero-order chi connectivity index (χ0) is 30.2. The SMILES string of the molecule is CC1=[N+](CCCCC2C=CC=C2)c2ccccc2C1=C1C(=O)C(c2c(C)n(CCCCC3C=CC=C3)c3ccccc23)=C1O. The molecule has 0 unspecified atom stereocenters. The van der Waals surface area contributed by atoms with Crippen molar-refractivity contribution in [1.82, 2.24) is 4.57 Å². The second kappa shape index (κ2) is 11.9. The minimum absolute atomic E-state index is 0.0564. The molecule has 0 amide bonds. The zero-order valence-corrected chi connectivity index (χ0v) is 25.8. The van der Waals surface area contributed by atoms with Gasteiger partial charge in [-0.2, -0.15) is 4.58 Å². The second-order valence-electron chi connectivity index (χ2n) is 12.5. The molecular formula is C40H41N2O2+. The van der Waals surface area contributed by atoms with E-state index >= 15 is 0 Å². The van der Waals surface area contributed by atoms with Crippen molar-refractivity contribution in [2.24, 2.45) is 11.8 Å². The van der Waals surface area contributed by atoms with Crippen molar-refractivity contribution in [3.8, 4) is 0 Å². The van der Waals surface area contributed by atoms with Crippen molar-refractivity contribution in [3.05, 3.63) is 125 Å². The molecule has 1 N–H and O–H groups in total. The van der Waals surface area contributed by atoms with Crippen molar-refractivity contribution < 1.29 is 14.5 Å². The number of aromatic nitrogens is 1. The standard InChI is InChI=1S/C40H40N2O2/c1-27-35(31-21-7-9-23-33(31)41(27)25-13-11-19-29-15-3-4-16-29)37-39(43)38(40(37)44)36-28(2)42(34-24-10-8-22-32(34)36)26-14-12-20-30-17-5-6-18-30/h3-10,15-18,21-24,29-30H,11-14,19-20,25-26H2,1-2H3/p+1. The van der Waals surface area contributed by atoms with E-state index < -0.39 is 0 Å². The number of hydrogen-bond acceptors (Lipinski definition) is 2. The molecule has 3 aromatic rings. The third kappa shape index (κ3) is 4.87. The molecule has 44 heavy (non-hydrogen) atoms. The van der Waals surface area contributed by atoms with Gasteiger partial charge in [-0.15, -0.1) is 0 Å². The predicted octanol–water partition coefficient (Wildman–Crippen LogP) is 9.20. The number of unbranched alkanes of at least 4 members (excludes halogenated alkanes) is 2. The maximum absolute atomic E-state index is 14.1. The first-order chi connectivity index (χ1) is 21.5. The van der Waals surface area contributed by atoms with E-state index in [0.29, 0.717) is 23.0 Å². The molecule has 4 heteroatoms. The summed E-state index contributed by atoms with van der Waals surface area (Å²) in [5.74, 6) is 1.18. The first-order valence-electron chi connectivity index (χ1n) is 16.3. The topological polar surface area (TPSA) is 45.2 Å². The monoisotopic (exact) mass is 581 g/mol. The summed E-state index contributed by atoms with van der Waals surface area (Å²) in [5, 5.41) is 12.7. The lowest BCUT2D eigenvalue weighted by Crippen LogP contribution is -2.25. The number of fused-ring (bicyclic) bond motifs is 2. The van der Waals surface area contributed by atoms with Crippen molar-refractivity contribution in [3.63, 3.8) is 0 Å². The number of allylic oxidation sites excluding steroid dienone is 11. The Labute approximate surface area is 260 Å². The highest BCUT2D eigenvalue weighted by Gasteiger charge is 2.44. The highest BCUT2D eigenvalue weighted by Crippen LogP contribution is 2.47. The van der Waals surface area contributed by atoms with Crippen LogP contribution in [-0.4, -0.2) is 32.3 Å². The predicted molar refractivity (Wildman–Crippen MR) is 181 cm³/mol. The van der Waals surface area contributed by atoms with Crippen molar-refractivity contribution in [2.45, 2.75) is 58.9 Å². The number of rotatable bonds is 11.